The Labute approximate surface area is 105 Å². The van der Waals surface area contributed by atoms with Crippen molar-refractivity contribution in [2.24, 2.45) is 5.92 Å². The minimum absolute atomic E-state index is 0.174. The van der Waals surface area contributed by atoms with E-state index in [4.69, 9.17) is 0 Å². The van der Waals surface area contributed by atoms with Crippen molar-refractivity contribution in [2.75, 3.05) is 5.32 Å². The van der Waals surface area contributed by atoms with Gasteiger partial charge in [0.05, 0.1) is 5.69 Å². The summed E-state index contributed by atoms with van der Waals surface area (Å²) in [5.74, 6) is 0.581. The lowest BCUT2D eigenvalue weighted by molar-refractivity contribution is 0.358. The molecule has 0 amide bonds. The van der Waals surface area contributed by atoms with E-state index in [9.17, 15) is 4.39 Å². The molecule has 1 fully saturated rings. The molecule has 1 N–H and O–H groups in total. The predicted octanol–water partition coefficient (Wildman–Crippen LogP) is 4.58. The van der Waals surface area contributed by atoms with Gasteiger partial charge in [-0.05, 0) is 37.0 Å². The molecule has 0 bridgehead atoms. The highest BCUT2D eigenvalue weighted by atomic mass is 79.9. The molecule has 0 saturated heterocycles. The fourth-order valence-electron chi connectivity index (χ4n) is 2.39. The number of anilines is 1. The quantitative estimate of drug-likeness (QED) is 0.839. The molecular weight excluding hydrogens is 269 g/mol. The number of rotatable bonds is 2. The normalized spacial score (nSPS) is 25.4. The lowest BCUT2D eigenvalue weighted by Gasteiger charge is -2.28. The number of nitrogens with one attached hydrogen (secondary N) is 1. The van der Waals surface area contributed by atoms with Gasteiger partial charge >= 0.3 is 0 Å². The van der Waals surface area contributed by atoms with Crippen molar-refractivity contribution >= 4 is 21.6 Å². The van der Waals surface area contributed by atoms with Crippen LogP contribution in [-0.2, 0) is 0 Å². The van der Waals surface area contributed by atoms with E-state index >= 15 is 0 Å². The Morgan fingerprint density at radius 3 is 2.88 bits per heavy atom. The van der Waals surface area contributed by atoms with E-state index in [1.165, 1.54) is 18.9 Å². The van der Waals surface area contributed by atoms with E-state index in [0.29, 0.717) is 11.7 Å². The summed E-state index contributed by atoms with van der Waals surface area (Å²) in [5, 5.41) is 3.31. The van der Waals surface area contributed by atoms with Crippen LogP contribution in [0.2, 0.25) is 0 Å². The number of hydrogen-bond donors (Lipinski definition) is 1. The van der Waals surface area contributed by atoms with Crippen LogP contribution in [0.1, 0.15) is 32.6 Å². The van der Waals surface area contributed by atoms with Gasteiger partial charge < -0.3 is 5.32 Å². The second-order valence-corrected chi connectivity index (χ2v) is 5.65. The molecule has 0 heterocycles. The molecule has 16 heavy (non-hydrogen) atoms. The molecule has 1 aliphatic carbocycles. The molecule has 1 aromatic rings. The van der Waals surface area contributed by atoms with Crippen LogP contribution in [0.25, 0.3) is 0 Å². The van der Waals surface area contributed by atoms with Gasteiger partial charge in [-0.25, -0.2) is 4.39 Å². The van der Waals surface area contributed by atoms with Crippen LogP contribution in [0.5, 0.6) is 0 Å². The first kappa shape index (κ1) is 11.9. The van der Waals surface area contributed by atoms with E-state index in [1.807, 2.05) is 6.07 Å². The topological polar surface area (TPSA) is 12.0 Å². The van der Waals surface area contributed by atoms with Crippen molar-refractivity contribution in [1.29, 1.82) is 0 Å². The van der Waals surface area contributed by atoms with Crippen LogP contribution in [0.4, 0.5) is 10.1 Å². The SMILES string of the molecule is CC1CCCC(Nc2ccc(Br)cc2F)C1. The third kappa shape index (κ3) is 2.97. The maximum Gasteiger partial charge on any atom is 0.147 e. The van der Waals surface area contributed by atoms with Crippen molar-refractivity contribution in [2.45, 2.75) is 38.6 Å². The average Bonchev–Trinajstić information content (AvgIpc) is 2.22. The van der Waals surface area contributed by atoms with Crippen molar-refractivity contribution in [3.8, 4) is 0 Å². The second-order valence-electron chi connectivity index (χ2n) is 4.74. The van der Waals surface area contributed by atoms with Crippen LogP contribution in [0, 0.1) is 11.7 Å². The zero-order valence-corrected chi connectivity index (χ0v) is 11.1. The predicted molar refractivity (Wildman–Crippen MR) is 69.1 cm³/mol. The molecule has 1 nitrogen and oxygen atoms in total. The monoisotopic (exact) mass is 285 g/mol. The van der Waals surface area contributed by atoms with E-state index in [2.05, 4.69) is 28.2 Å². The highest BCUT2D eigenvalue weighted by molar-refractivity contribution is 9.10. The summed E-state index contributed by atoms with van der Waals surface area (Å²) in [7, 11) is 0. The van der Waals surface area contributed by atoms with E-state index in [-0.39, 0.29) is 5.82 Å². The average molecular weight is 286 g/mol. The van der Waals surface area contributed by atoms with Crippen LogP contribution in [-0.4, -0.2) is 6.04 Å². The maximum absolute atomic E-state index is 13.6. The molecular formula is C13H17BrFN. The van der Waals surface area contributed by atoms with Gasteiger partial charge in [0.15, 0.2) is 0 Å². The van der Waals surface area contributed by atoms with Gasteiger partial charge in [-0.2, -0.15) is 0 Å². The molecule has 2 unspecified atom stereocenters. The van der Waals surface area contributed by atoms with Crippen molar-refractivity contribution in [3.63, 3.8) is 0 Å². The summed E-state index contributed by atoms with van der Waals surface area (Å²) < 4.78 is 14.4. The van der Waals surface area contributed by atoms with Crippen molar-refractivity contribution in [1.82, 2.24) is 0 Å². The second kappa shape index (κ2) is 5.17. The molecule has 0 aliphatic heterocycles. The third-order valence-electron chi connectivity index (χ3n) is 3.23. The molecule has 3 heteroatoms. The first-order valence-corrected chi connectivity index (χ1v) is 6.66. The number of benzene rings is 1. The van der Waals surface area contributed by atoms with Crippen LogP contribution >= 0.6 is 15.9 Å². The highest BCUT2D eigenvalue weighted by Crippen LogP contribution is 2.27. The Kier molecular flexibility index (Phi) is 3.85. The van der Waals surface area contributed by atoms with Crippen molar-refractivity contribution < 1.29 is 4.39 Å². The third-order valence-corrected chi connectivity index (χ3v) is 3.72. The minimum atomic E-state index is -0.174. The van der Waals surface area contributed by atoms with E-state index in [0.717, 1.165) is 23.2 Å². The highest BCUT2D eigenvalue weighted by Gasteiger charge is 2.19. The Morgan fingerprint density at radius 1 is 1.38 bits per heavy atom. The summed E-state index contributed by atoms with van der Waals surface area (Å²) in [5.41, 5.74) is 0.627. The molecule has 2 atom stereocenters. The van der Waals surface area contributed by atoms with Crippen LogP contribution in [0.3, 0.4) is 0 Å². The fourth-order valence-corrected chi connectivity index (χ4v) is 2.72. The lowest BCUT2D eigenvalue weighted by atomic mass is 9.87. The zero-order chi connectivity index (χ0) is 11.5. The summed E-state index contributed by atoms with van der Waals surface area (Å²) in [6, 6.07) is 5.62. The Hall–Kier alpha value is -0.570. The molecule has 0 aromatic heterocycles. The minimum Gasteiger partial charge on any atom is -0.380 e. The Morgan fingerprint density at radius 2 is 2.19 bits per heavy atom. The summed E-state index contributed by atoms with van der Waals surface area (Å²) >= 11 is 3.26. The molecule has 2 rings (SSSR count). The molecule has 1 aliphatic rings. The molecule has 1 aromatic carbocycles. The Bertz CT molecular complexity index is 367. The smallest absolute Gasteiger partial charge is 0.147 e. The molecule has 0 radical (unpaired) electrons. The van der Waals surface area contributed by atoms with Crippen molar-refractivity contribution in [3.05, 3.63) is 28.5 Å². The van der Waals surface area contributed by atoms with Gasteiger partial charge in [-0.3, -0.25) is 0 Å². The van der Waals surface area contributed by atoms with Gasteiger partial charge in [0.2, 0.25) is 0 Å². The van der Waals surface area contributed by atoms with E-state index in [1.54, 1.807) is 6.07 Å². The first-order chi connectivity index (χ1) is 7.65. The first-order valence-electron chi connectivity index (χ1n) is 5.87. The van der Waals surface area contributed by atoms with Gasteiger partial charge in [0.25, 0.3) is 0 Å². The maximum atomic E-state index is 13.6. The van der Waals surface area contributed by atoms with Gasteiger partial charge in [0.1, 0.15) is 5.82 Å². The van der Waals surface area contributed by atoms with Crippen LogP contribution in [0.15, 0.2) is 22.7 Å². The largest absolute Gasteiger partial charge is 0.380 e. The van der Waals surface area contributed by atoms with Gasteiger partial charge in [0, 0.05) is 10.5 Å². The van der Waals surface area contributed by atoms with Crippen LogP contribution < -0.4 is 5.32 Å². The summed E-state index contributed by atoms with van der Waals surface area (Å²) in [6.07, 6.45) is 4.85. The standard InChI is InChI=1S/C13H17BrFN/c1-9-3-2-4-11(7-9)16-13-6-5-10(14)8-12(13)15/h5-6,8-9,11,16H,2-4,7H2,1H3. The van der Waals surface area contributed by atoms with Gasteiger partial charge in [-0.1, -0.05) is 35.7 Å². The summed E-state index contributed by atoms with van der Waals surface area (Å²) in [4.78, 5) is 0. The fraction of sp³-hybridized carbons (Fsp3) is 0.538. The summed E-state index contributed by atoms with van der Waals surface area (Å²) in [6.45, 7) is 2.27. The Balaban J connectivity index is 2.02. The van der Waals surface area contributed by atoms with Gasteiger partial charge in [-0.15, -0.1) is 0 Å². The molecule has 0 spiro atoms. The molecule has 1 saturated carbocycles. The number of halogens is 2. The zero-order valence-electron chi connectivity index (χ0n) is 9.47. The number of hydrogen-bond acceptors (Lipinski definition) is 1. The molecule has 88 valence electrons. The lowest BCUT2D eigenvalue weighted by Crippen LogP contribution is -2.26. The van der Waals surface area contributed by atoms with E-state index < -0.39 is 0 Å².